The molecule has 1 N–H and O–H groups in total. The molecular weight excluding hydrogens is 344 g/mol. The van der Waals surface area contributed by atoms with E-state index in [9.17, 15) is 0 Å². The van der Waals surface area contributed by atoms with E-state index < -0.39 is 0 Å². The summed E-state index contributed by atoms with van der Waals surface area (Å²) in [6.45, 7) is 4.31. The molecule has 0 aliphatic heterocycles. The molecule has 4 saturated carbocycles. The molecule has 3 heterocycles. The molecule has 4 fully saturated rings. The monoisotopic (exact) mass is 368 g/mol. The molecule has 0 aromatic carbocycles. The van der Waals surface area contributed by atoms with Crippen molar-refractivity contribution in [3.8, 4) is 11.5 Å². The predicted molar refractivity (Wildman–Crippen MR) is 100 cm³/mol. The van der Waals surface area contributed by atoms with Gasteiger partial charge in [-0.1, -0.05) is 25.2 Å². The quantitative estimate of drug-likeness (QED) is 0.753. The molecule has 0 atom stereocenters. The molecule has 4 aliphatic rings. The van der Waals surface area contributed by atoms with Gasteiger partial charge in [0.1, 0.15) is 10.7 Å². The van der Waals surface area contributed by atoms with Gasteiger partial charge in [-0.2, -0.15) is 14.7 Å². The largest absolute Gasteiger partial charge is 0.282 e. The van der Waals surface area contributed by atoms with E-state index >= 15 is 0 Å². The molecule has 6 nitrogen and oxygen atoms in total. The van der Waals surface area contributed by atoms with Gasteiger partial charge in [-0.3, -0.25) is 5.10 Å². The third-order valence-corrected chi connectivity index (χ3v) is 8.08. The van der Waals surface area contributed by atoms with Crippen LogP contribution in [-0.2, 0) is 5.41 Å². The van der Waals surface area contributed by atoms with Crippen LogP contribution >= 0.6 is 11.3 Å². The zero-order valence-corrected chi connectivity index (χ0v) is 16.1. The molecule has 26 heavy (non-hydrogen) atoms. The summed E-state index contributed by atoms with van der Waals surface area (Å²) in [6, 6.07) is 2.07. The van der Waals surface area contributed by atoms with Crippen molar-refractivity contribution in [3.63, 3.8) is 0 Å². The standard InChI is InChI=1S/C19H24N6S/c1-10(2)14-6-15(21-20-14)16-22-23-18-25(16)24-17(26-18)19-7-11-3-12(8-19)5-13(4-11)9-19/h6,10-13H,3-5,7-9H2,1-2H3,(H,20,21). The van der Waals surface area contributed by atoms with Gasteiger partial charge in [-0.15, -0.1) is 10.2 Å². The zero-order chi connectivity index (χ0) is 17.5. The SMILES string of the molecule is CC(C)c1cc(-c2nnc3sc(C45CC6CC(CC(C6)C4)C5)nn23)n[nH]1. The lowest BCUT2D eigenvalue weighted by Crippen LogP contribution is -2.48. The van der Waals surface area contributed by atoms with Crippen LogP contribution in [-0.4, -0.2) is 30.0 Å². The van der Waals surface area contributed by atoms with Crippen LogP contribution in [0.5, 0.6) is 0 Å². The number of aromatic nitrogens is 6. The first kappa shape index (κ1) is 15.3. The van der Waals surface area contributed by atoms with Crippen molar-refractivity contribution in [1.29, 1.82) is 0 Å². The van der Waals surface area contributed by atoms with Crippen molar-refractivity contribution in [2.45, 2.75) is 63.7 Å². The normalized spacial score (nSPS) is 33.0. The summed E-state index contributed by atoms with van der Waals surface area (Å²) in [5.41, 5.74) is 2.27. The molecule has 0 saturated heterocycles. The minimum atomic E-state index is 0.312. The van der Waals surface area contributed by atoms with Crippen LogP contribution in [0, 0.1) is 17.8 Å². The van der Waals surface area contributed by atoms with Crippen molar-refractivity contribution in [2.75, 3.05) is 0 Å². The van der Waals surface area contributed by atoms with Crippen LogP contribution in [0.4, 0.5) is 0 Å². The van der Waals surface area contributed by atoms with Crippen LogP contribution in [0.1, 0.15) is 69.0 Å². The Kier molecular flexibility index (Phi) is 3.03. The van der Waals surface area contributed by atoms with Crippen LogP contribution in [0.2, 0.25) is 0 Å². The minimum Gasteiger partial charge on any atom is -0.282 e. The highest BCUT2D eigenvalue weighted by molar-refractivity contribution is 7.16. The van der Waals surface area contributed by atoms with E-state index in [4.69, 9.17) is 5.10 Å². The fraction of sp³-hybridized carbons (Fsp3) is 0.684. The maximum atomic E-state index is 5.05. The molecule has 3 aromatic heterocycles. The summed E-state index contributed by atoms with van der Waals surface area (Å²) in [7, 11) is 0. The summed E-state index contributed by atoms with van der Waals surface area (Å²) in [5, 5.41) is 22.7. The van der Waals surface area contributed by atoms with Gasteiger partial charge in [0, 0.05) is 11.1 Å². The van der Waals surface area contributed by atoms with Gasteiger partial charge in [-0.25, -0.2) is 0 Å². The number of fused-ring (bicyclic) bond motifs is 1. The topological polar surface area (TPSA) is 71.8 Å². The lowest BCUT2D eigenvalue weighted by molar-refractivity contribution is -0.00565. The minimum absolute atomic E-state index is 0.312. The molecule has 0 spiro atoms. The van der Waals surface area contributed by atoms with E-state index in [2.05, 4.69) is 40.3 Å². The van der Waals surface area contributed by atoms with Crippen molar-refractivity contribution in [3.05, 3.63) is 16.8 Å². The number of nitrogens with one attached hydrogen (secondary N) is 1. The second kappa shape index (κ2) is 5.15. The fourth-order valence-corrected chi connectivity index (χ4v) is 7.17. The Morgan fingerprint density at radius 3 is 2.42 bits per heavy atom. The molecule has 0 amide bonds. The molecule has 136 valence electrons. The van der Waals surface area contributed by atoms with Gasteiger partial charge < -0.3 is 0 Å². The van der Waals surface area contributed by atoms with Gasteiger partial charge >= 0.3 is 0 Å². The van der Waals surface area contributed by atoms with E-state index in [0.717, 1.165) is 39.9 Å². The lowest BCUT2D eigenvalue weighted by atomic mass is 9.50. The predicted octanol–water partition coefficient (Wildman–Crippen LogP) is 4.17. The highest BCUT2D eigenvalue weighted by atomic mass is 32.1. The molecule has 4 aliphatic carbocycles. The fourth-order valence-electron chi connectivity index (χ4n) is 6.11. The summed E-state index contributed by atoms with van der Waals surface area (Å²) in [6.07, 6.45) is 8.37. The summed E-state index contributed by atoms with van der Waals surface area (Å²) >= 11 is 1.75. The van der Waals surface area contributed by atoms with Gasteiger partial charge in [0.25, 0.3) is 0 Å². The first-order valence-corrected chi connectivity index (χ1v) is 10.7. The van der Waals surface area contributed by atoms with E-state index in [0.29, 0.717) is 11.3 Å². The zero-order valence-electron chi connectivity index (χ0n) is 15.3. The molecule has 0 unspecified atom stereocenters. The lowest BCUT2D eigenvalue weighted by Gasteiger charge is -2.55. The smallest absolute Gasteiger partial charge is 0.235 e. The number of aromatic amines is 1. The van der Waals surface area contributed by atoms with E-state index in [-0.39, 0.29) is 0 Å². The Hall–Kier alpha value is -1.76. The highest BCUT2D eigenvalue weighted by Gasteiger charge is 2.53. The van der Waals surface area contributed by atoms with Gasteiger partial charge in [0.15, 0.2) is 0 Å². The third-order valence-electron chi connectivity index (χ3n) is 6.93. The Morgan fingerprint density at radius 2 is 1.81 bits per heavy atom. The van der Waals surface area contributed by atoms with E-state index in [1.165, 1.54) is 43.5 Å². The number of rotatable bonds is 3. The number of nitrogens with zero attached hydrogens (tertiary/aromatic N) is 5. The number of hydrogen-bond donors (Lipinski definition) is 1. The maximum absolute atomic E-state index is 5.05. The molecule has 4 bridgehead atoms. The number of H-pyrrole nitrogens is 1. The van der Waals surface area contributed by atoms with E-state index in [1.807, 2.05) is 4.52 Å². The Morgan fingerprint density at radius 1 is 1.12 bits per heavy atom. The summed E-state index contributed by atoms with van der Waals surface area (Å²) < 4.78 is 1.93. The van der Waals surface area contributed by atoms with Crippen molar-refractivity contribution >= 4 is 16.3 Å². The van der Waals surface area contributed by atoms with Crippen molar-refractivity contribution in [2.24, 2.45) is 17.8 Å². The van der Waals surface area contributed by atoms with E-state index in [1.54, 1.807) is 11.3 Å². The number of hydrogen-bond acceptors (Lipinski definition) is 5. The Balaban J connectivity index is 1.42. The second-order valence-electron chi connectivity index (χ2n) is 9.19. The summed E-state index contributed by atoms with van der Waals surface area (Å²) in [4.78, 5) is 0.903. The second-order valence-corrected chi connectivity index (χ2v) is 10.1. The highest BCUT2D eigenvalue weighted by Crippen LogP contribution is 2.61. The average Bonchev–Trinajstić information content (AvgIpc) is 3.28. The van der Waals surface area contributed by atoms with Crippen LogP contribution in [0.15, 0.2) is 6.07 Å². The molecule has 3 aromatic rings. The Bertz CT molecular complexity index is 944. The van der Waals surface area contributed by atoms with Gasteiger partial charge in [0.05, 0.1) is 0 Å². The van der Waals surface area contributed by atoms with Crippen LogP contribution in [0.25, 0.3) is 16.5 Å². The van der Waals surface area contributed by atoms with Gasteiger partial charge in [0.2, 0.25) is 10.8 Å². The van der Waals surface area contributed by atoms with Crippen molar-refractivity contribution in [1.82, 2.24) is 30.0 Å². The third kappa shape index (κ3) is 2.09. The summed E-state index contributed by atoms with van der Waals surface area (Å²) in [5.74, 6) is 3.95. The molecular formula is C19H24N6S. The molecule has 7 heteroatoms. The first-order chi connectivity index (χ1) is 12.6. The average molecular weight is 369 g/mol. The van der Waals surface area contributed by atoms with Crippen molar-refractivity contribution < 1.29 is 0 Å². The molecule has 7 rings (SSSR count). The Labute approximate surface area is 156 Å². The van der Waals surface area contributed by atoms with Gasteiger partial charge in [-0.05, 0) is 68.3 Å². The molecule has 0 radical (unpaired) electrons. The first-order valence-electron chi connectivity index (χ1n) is 9.88. The van der Waals surface area contributed by atoms with Crippen LogP contribution in [0.3, 0.4) is 0 Å². The van der Waals surface area contributed by atoms with Crippen LogP contribution < -0.4 is 0 Å². The maximum Gasteiger partial charge on any atom is 0.235 e.